The number of imidazole rings is 1. The number of phenolic OH excluding ortho intramolecular Hbond substituents is 1. The minimum Gasteiger partial charge on any atom is -0.508 e. The summed E-state index contributed by atoms with van der Waals surface area (Å²) in [5, 5.41) is 9.25. The van der Waals surface area contributed by atoms with Crippen LogP contribution in [0.25, 0.3) is 16.9 Å². The Bertz CT molecular complexity index is 673. The third kappa shape index (κ3) is 1.48. The van der Waals surface area contributed by atoms with Crippen LogP contribution in [-0.4, -0.2) is 19.5 Å². The monoisotopic (exact) mass is 226 g/mol. The average Bonchev–Trinajstić information content (AvgIpc) is 2.69. The van der Waals surface area contributed by atoms with Gasteiger partial charge in [-0.3, -0.25) is 9.38 Å². The summed E-state index contributed by atoms with van der Waals surface area (Å²) in [5.41, 5.74) is 8.28. The first kappa shape index (κ1) is 9.65. The quantitative estimate of drug-likeness (QED) is 0.662. The predicted octanol–water partition coefficient (Wildman–Crippen LogP) is 1.68. The van der Waals surface area contributed by atoms with Gasteiger partial charge < -0.3 is 10.8 Å². The molecule has 0 saturated heterocycles. The molecule has 5 heteroatoms. The maximum absolute atomic E-state index is 9.25. The van der Waals surface area contributed by atoms with Gasteiger partial charge in [0.15, 0.2) is 5.65 Å². The van der Waals surface area contributed by atoms with Crippen LogP contribution in [0.1, 0.15) is 0 Å². The zero-order valence-electron chi connectivity index (χ0n) is 8.91. The topological polar surface area (TPSA) is 76.4 Å². The summed E-state index contributed by atoms with van der Waals surface area (Å²) in [7, 11) is 0. The molecule has 0 saturated carbocycles. The molecule has 17 heavy (non-hydrogen) atoms. The second-order valence-corrected chi connectivity index (χ2v) is 3.70. The van der Waals surface area contributed by atoms with E-state index in [4.69, 9.17) is 5.73 Å². The molecule has 2 heterocycles. The summed E-state index contributed by atoms with van der Waals surface area (Å²) in [6, 6.07) is 6.77. The molecule has 0 unspecified atom stereocenters. The number of nitrogens with two attached hydrogens (primary N) is 1. The highest BCUT2D eigenvalue weighted by atomic mass is 16.3. The molecule has 3 N–H and O–H groups in total. The fraction of sp³-hybridized carbons (Fsp3) is 0. The number of nitrogens with zero attached hydrogens (tertiary/aromatic N) is 3. The maximum atomic E-state index is 9.25. The van der Waals surface area contributed by atoms with E-state index in [1.165, 1.54) is 0 Å². The van der Waals surface area contributed by atoms with Crippen LogP contribution in [0.15, 0.2) is 42.9 Å². The van der Waals surface area contributed by atoms with E-state index in [2.05, 4.69) is 9.97 Å². The van der Waals surface area contributed by atoms with Crippen LogP contribution in [0.4, 0.5) is 5.82 Å². The highest BCUT2D eigenvalue weighted by molar-refractivity contribution is 5.74. The molecule has 84 valence electrons. The van der Waals surface area contributed by atoms with Crippen molar-refractivity contribution in [3.05, 3.63) is 42.9 Å². The summed E-state index contributed by atoms with van der Waals surface area (Å²) in [6.45, 7) is 0. The molecule has 0 aliphatic carbocycles. The van der Waals surface area contributed by atoms with Gasteiger partial charge in [-0.25, -0.2) is 4.98 Å². The molecule has 0 aliphatic heterocycles. The smallest absolute Gasteiger partial charge is 0.157 e. The molecule has 0 amide bonds. The van der Waals surface area contributed by atoms with Crippen molar-refractivity contribution in [2.24, 2.45) is 0 Å². The van der Waals surface area contributed by atoms with Crippen molar-refractivity contribution in [1.29, 1.82) is 0 Å². The van der Waals surface area contributed by atoms with E-state index in [-0.39, 0.29) is 5.75 Å². The lowest BCUT2D eigenvalue weighted by Crippen LogP contribution is -1.93. The minimum atomic E-state index is 0.220. The highest BCUT2D eigenvalue weighted by Crippen LogP contribution is 2.27. The number of fused-ring (bicyclic) bond motifs is 1. The van der Waals surface area contributed by atoms with Crippen molar-refractivity contribution in [3.8, 4) is 17.0 Å². The summed E-state index contributed by atoms with van der Waals surface area (Å²) in [6.07, 6.45) is 5.08. The zero-order valence-corrected chi connectivity index (χ0v) is 8.91. The van der Waals surface area contributed by atoms with E-state index in [9.17, 15) is 5.11 Å². The summed E-state index contributed by atoms with van der Waals surface area (Å²) >= 11 is 0. The van der Waals surface area contributed by atoms with Crippen molar-refractivity contribution in [2.45, 2.75) is 0 Å². The molecule has 2 aromatic heterocycles. The molecule has 3 rings (SSSR count). The number of hydrogen-bond donors (Lipinski definition) is 2. The number of hydrogen-bond acceptors (Lipinski definition) is 4. The van der Waals surface area contributed by atoms with E-state index >= 15 is 0 Å². The van der Waals surface area contributed by atoms with E-state index in [0.717, 1.165) is 5.56 Å². The van der Waals surface area contributed by atoms with Crippen molar-refractivity contribution in [2.75, 3.05) is 5.73 Å². The van der Waals surface area contributed by atoms with Crippen molar-refractivity contribution in [3.63, 3.8) is 0 Å². The van der Waals surface area contributed by atoms with E-state index < -0.39 is 0 Å². The first-order valence-electron chi connectivity index (χ1n) is 5.12. The molecule has 0 aliphatic rings. The van der Waals surface area contributed by atoms with Crippen LogP contribution in [0.2, 0.25) is 0 Å². The first-order chi connectivity index (χ1) is 8.25. The second kappa shape index (κ2) is 3.48. The predicted molar refractivity (Wildman–Crippen MR) is 64.5 cm³/mol. The van der Waals surface area contributed by atoms with Gasteiger partial charge in [-0.1, -0.05) is 0 Å². The highest BCUT2D eigenvalue weighted by Gasteiger charge is 2.10. The number of phenols is 1. The fourth-order valence-electron chi connectivity index (χ4n) is 1.76. The lowest BCUT2D eigenvalue weighted by Gasteiger charge is -1.99. The molecule has 3 aromatic rings. The van der Waals surface area contributed by atoms with Gasteiger partial charge in [0.1, 0.15) is 17.3 Å². The molecule has 0 spiro atoms. The molecular formula is C12H10N4O. The molecular weight excluding hydrogens is 216 g/mol. The zero-order chi connectivity index (χ0) is 11.8. The van der Waals surface area contributed by atoms with E-state index in [1.54, 1.807) is 47.3 Å². The van der Waals surface area contributed by atoms with Gasteiger partial charge in [0.2, 0.25) is 0 Å². The summed E-state index contributed by atoms with van der Waals surface area (Å²) in [5.74, 6) is 0.783. The molecule has 1 aromatic carbocycles. The SMILES string of the molecule is Nc1c(-c2ccc(O)cc2)nc2cnccn12. The molecule has 0 bridgehead atoms. The van der Waals surface area contributed by atoms with Gasteiger partial charge in [0, 0.05) is 18.0 Å². The molecule has 0 fully saturated rings. The standard InChI is InChI=1S/C12H10N4O/c13-12-11(8-1-3-9(17)4-2-8)15-10-7-14-5-6-16(10)12/h1-7,17H,13H2. The number of benzene rings is 1. The second-order valence-electron chi connectivity index (χ2n) is 3.70. The number of anilines is 1. The average molecular weight is 226 g/mol. The number of nitrogen functional groups attached to an aromatic ring is 1. The summed E-state index contributed by atoms with van der Waals surface area (Å²) in [4.78, 5) is 8.40. The van der Waals surface area contributed by atoms with Gasteiger partial charge in [-0.05, 0) is 24.3 Å². The first-order valence-corrected chi connectivity index (χ1v) is 5.12. The van der Waals surface area contributed by atoms with Crippen molar-refractivity contribution < 1.29 is 5.11 Å². The van der Waals surface area contributed by atoms with Gasteiger partial charge in [-0.2, -0.15) is 0 Å². The van der Waals surface area contributed by atoms with Gasteiger partial charge >= 0.3 is 0 Å². The van der Waals surface area contributed by atoms with Crippen LogP contribution in [0.3, 0.4) is 0 Å². The Balaban J connectivity index is 2.24. The lowest BCUT2D eigenvalue weighted by atomic mass is 10.1. The third-order valence-electron chi connectivity index (χ3n) is 2.61. The van der Waals surface area contributed by atoms with Crippen LogP contribution < -0.4 is 5.73 Å². The van der Waals surface area contributed by atoms with E-state index in [0.29, 0.717) is 17.2 Å². The van der Waals surface area contributed by atoms with Crippen molar-refractivity contribution >= 4 is 11.5 Å². The van der Waals surface area contributed by atoms with E-state index in [1.807, 2.05) is 0 Å². The Morgan fingerprint density at radius 1 is 1.18 bits per heavy atom. The van der Waals surface area contributed by atoms with Crippen molar-refractivity contribution in [1.82, 2.24) is 14.4 Å². The largest absolute Gasteiger partial charge is 0.508 e. The normalized spacial score (nSPS) is 10.8. The Morgan fingerprint density at radius 3 is 2.65 bits per heavy atom. The Hall–Kier alpha value is -2.56. The Labute approximate surface area is 97.2 Å². The fourth-order valence-corrected chi connectivity index (χ4v) is 1.76. The maximum Gasteiger partial charge on any atom is 0.157 e. The lowest BCUT2D eigenvalue weighted by molar-refractivity contribution is 0.475. The number of aromatic hydroxyl groups is 1. The third-order valence-corrected chi connectivity index (χ3v) is 2.61. The molecule has 0 atom stereocenters. The van der Waals surface area contributed by atoms with Gasteiger partial charge in [0.05, 0.1) is 6.20 Å². The van der Waals surface area contributed by atoms with Crippen LogP contribution in [-0.2, 0) is 0 Å². The Kier molecular flexibility index (Phi) is 1.98. The van der Waals surface area contributed by atoms with Gasteiger partial charge in [0.25, 0.3) is 0 Å². The van der Waals surface area contributed by atoms with Crippen LogP contribution in [0.5, 0.6) is 5.75 Å². The van der Waals surface area contributed by atoms with Crippen LogP contribution in [0, 0.1) is 0 Å². The van der Waals surface area contributed by atoms with Gasteiger partial charge in [-0.15, -0.1) is 0 Å². The Morgan fingerprint density at radius 2 is 1.94 bits per heavy atom. The summed E-state index contributed by atoms with van der Waals surface area (Å²) < 4.78 is 1.77. The van der Waals surface area contributed by atoms with Crippen LogP contribution >= 0.6 is 0 Å². The minimum absolute atomic E-state index is 0.220. The number of aromatic nitrogens is 3. The molecule has 5 nitrogen and oxygen atoms in total. The number of rotatable bonds is 1. The molecule has 0 radical (unpaired) electrons.